The standard InChI is InChI=1S/C19H23NO6/c1-24-15-2-3-16-13(12-26-17(16)11-15)10-18(21)20(7-4-19(22)23)14-5-8-25-9-6-14/h2-3,11-12,14H,4-10H2,1H3,(H,22,23). The van der Waals surface area contributed by atoms with Crippen molar-refractivity contribution in [2.75, 3.05) is 26.9 Å². The number of furan rings is 1. The second-order valence-electron chi connectivity index (χ2n) is 6.37. The molecule has 0 aliphatic carbocycles. The maximum Gasteiger partial charge on any atom is 0.305 e. The van der Waals surface area contributed by atoms with E-state index in [1.54, 1.807) is 24.3 Å². The molecule has 0 unspecified atom stereocenters. The van der Waals surface area contributed by atoms with Crippen molar-refractivity contribution in [3.8, 4) is 5.75 Å². The molecule has 1 N–H and O–H groups in total. The van der Waals surface area contributed by atoms with Gasteiger partial charge in [-0.1, -0.05) is 0 Å². The molecule has 0 radical (unpaired) electrons. The predicted molar refractivity (Wildman–Crippen MR) is 94.3 cm³/mol. The van der Waals surface area contributed by atoms with E-state index >= 15 is 0 Å². The summed E-state index contributed by atoms with van der Waals surface area (Å²) in [6.07, 6.45) is 3.16. The first-order valence-electron chi connectivity index (χ1n) is 8.71. The highest BCUT2D eigenvalue weighted by Gasteiger charge is 2.27. The predicted octanol–water partition coefficient (Wildman–Crippen LogP) is 2.47. The van der Waals surface area contributed by atoms with Crippen LogP contribution in [-0.2, 0) is 20.7 Å². The van der Waals surface area contributed by atoms with Crippen LogP contribution in [0.1, 0.15) is 24.8 Å². The Morgan fingerprint density at radius 2 is 2.08 bits per heavy atom. The molecule has 0 atom stereocenters. The molecule has 1 aliphatic rings. The Morgan fingerprint density at radius 3 is 2.77 bits per heavy atom. The SMILES string of the molecule is COc1ccc2c(CC(=O)N(CCC(=O)O)C3CCOCC3)coc2c1. The molecule has 7 nitrogen and oxygen atoms in total. The van der Waals surface area contributed by atoms with Gasteiger partial charge in [-0.2, -0.15) is 0 Å². The summed E-state index contributed by atoms with van der Waals surface area (Å²) in [5, 5.41) is 9.87. The Labute approximate surface area is 151 Å². The van der Waals surface area contributed by atoms with Crippen molar-refractivity contribution in [1.29, 1.82) is 0 Å². The molecule has 3 rings (SSSR count). The maximum absolute atomic E-state index is 12.9. The number of hydrogen-bond acceptors (Lipinski definition) is 5. The molecule has 0 bridgehead atoms. The van der Waals surface area contributed by atoms with Crippen LogP contribution < -0.4 is 4.74 Å². The highest BCUT2D eigenvalue weighted by molar-refractivity contribution is 5.88. The van der Waals surface area contributed by atoms with Crippen LogP contribution in [0.2, 0.25) is 0 Å². The quantitative estimate of drug-likeness (QED) is 0.815. The molecule has 1 aromatic heterocycles. The van der Waals surface area contributed by atoms with E-state index in [0.717, 1.165) is 23.8 Å². The van der Waals surface area contributed by atoms with Gasteiger partial charge in [0.2, 0.25) is 5.91 Å². The Kier molecular flexibility index (Phi) is 5.78. The number of carboxylic acids is 1. The Balaban J connectivity index is 1.76. The van der Waals surface area contributed by atoms with E-state index in [9.17, 15) is 9.59 Å². The number of aliphatic carboxylic acids is 1. The van der Waals surface area contributed by atoms with Gasteiger partial charge in [-0.3, -0.25) is 9.59 Å². The molecule has 2 aromatic rings. The maximum atomic E-state index is 12.9. The average Bonchev–Trinajstić information content (AvgIpc) is 3.04. The second-order valence-corrected chi connectivity index (χ2v) is 6.37. The number of benzene rings is 1. The largest absolute Gasteiger partial charge is 0.497 e. The fourth-order valence-corrected chi connectivity index (χ4v) is 3.32. The Bertz CT molecular complexity index is 777. The molecule has 1 aliphatic heterocycles. The van der Waals surface area contributed by atoms with Gasteiger partial charge in [-0.05, 0) is 25.0 Å². The number of rotatable bonds is 7. The molecule has 1 saturated heterocycles. The summed E-state index contributed by atoms with van der Waals surface area (Å²) in [7, 11) is 1.59. The summed E-state index contributed by atoms with van der Waals surface area (Å²) in [6.45, 7) is 1.40. The molecule has 1 aromatic carbocycles. The first-order valence-corrected chi connectivity index (χ1v) is 8.71. The number of carboxylic acid groups (broad SMARTS) is 1. The monoisotopic (exact) mass is 361 g/mol. The number of carbonyl (C=O) groups is 2. The van der Waals surface area contributed by atoms with Gasteiger partial charge in [0.1, 0.15) is 11.3 Å². The summed E-state index contributed by atoms with van der Waals surface area (Å²) < 4.78 is 16.1. The van der Waals surface area contributed by atoms with Crippen LogP contribution in [0.3, 0.4) is 0 Å². The molecular weight excluding hydrogens is 338 g/mol. The average molecular weight is 361 g/mol. The molecule has 7 heteroatoms. The number of fused-ring (bicyclic) bond motifs is 1. The van der Waals surface area contributed by atoms with Crippen molar-refractivity contribution in [3.63, 3.8) is 0 Å². The zero-order valence-corrected chi connectivity index (χ0v) is 14.8. The molecule has 140 valence electrons. The van der Waals surface area contributed by atoms with Crippen molar-refractivity contribution in [2.45, 2.75) is 31.7 Å². The minimum atomic E-state index is -0.907. The lowest BCUT2D eigenvalue weighted by Crippen LogP contribution is -2.45. The van der Waals surface area contributed by atoms with Gasteiger partial charge in [-0.25, -0.2) is 0 Å². The fraction of sp³-hybridized carbons (Fsp3) is 0.474. The smallest absolute Gasteiger partial charge is 0.305 e. The van der Waals surface area contributed by atoms with Crippen molar-refractivity contribution in [1.82, 2.24) is 4.90 Å². The number of nitrogens with zero attached hydrogens (tertiary/aromatic N) is 1. The van der Waals surface area contributed by atoms with Crippen LogP contribution in [-0.4, -0.2) is 54.8 Å². The normalized spacial score (nSPS) is 15.1. The van der Waals surface area contributed by atoms with Crippen LogP contribution in [0.15, 0.2) is 28.9 Å². The van der Waals surface area contributed by atoms with Crippen molar-refractivity contribution in [3.05, 3.63) is 30.0 Å². The van der Waals surface area contributed by atoms with Crippen molar-refractivity contribution in [2.24, 2.45) is 0 Å². The van der Waals surface area contributed by atoms with Gasteiger partial charge in [0, 0.05) is 42.8 Å². The summed E-state index contributed by atoms with van der Waals surface area (Å²) in [4.78, 5) is 25.6. The van der Waals surface area contributed by atoms with E-state index in [2.05, 4.69) is 0 Å². The number of methoxy groups -OCH3 is 1. The highest BCUT2D eigenvalue weighted by atomic mass is 16.5. The van der Waals surface area contributed by atoms with Gasteiger partial charge in [-0.15, -0.1) is 0 Å². The fourth-order valence-electron chi connectivity index (χ4n) is 3.32. The number of amides is 1. The van der Waals surface area contributed by atoms with Crippen LogP contribution in [0.5, 0.6) is 5.75 Å². The van der Waals surface area contributed by atoms with Crippen LogP contribution >= 0.6 is 0 Å². The minimum Gasteiger partial charge on any atom is -0.497 e. The van der Waals surface area contributed by atoms with Gasteiger partial charge in [0.15, 0.2) is 0 Å². The summed E-state index contributed by atoms with van der Waals surface area (Å²) >= 11 is 0. The molecule has 26 heavy (non-hydrogen) atoms. The lowest BCUT2D eigenvalue weighted by Gasteiger charge is -2.34. The third-order valence-corrected chi connectivity index (χ3v) is 4.72. The van der Waals surface area contributed by atoms with E-state index in [1.807, 2.05) is 12.1 Å². The first-order chi connectivity index (χ1) is 12.6. The highest BCUT2D eigenvalue weighted by Crippen LogP contribution is 2.27. The number of hydrogen-bond donors (Lipinski definition) is 1. The molecule has 0 spiro atoms. The van der Waals surface area contributed by atoms with Crippen LogP contribution in [0, 0.1) is 0 Å². The molecule has 1 amide bonds. The molecule has 0 saturated carbocycles. The van der Waals surface area contributed by atoms with E-state index in [4.69, 9.17) is 19.0 Å². The van der Waals surface area contributed by atoms with Gasteiger partial charge in [0.05, 0.1) is 26.2 Å². The van der Waals surface area contributed by atoms with E-state index in [0.29, 0.717) is 24.5 Å². The summed E-state index contributed by atoms with van der Waals surface area (Å²) in [6, 6.07) is 5.50. The lowest BCUT2D eigenvalue weighted by molar-refractivity contribution is -0.140. The van der Waals surface area contributed by atoms with Gasteiger partial charge < -0.3 is 23.9 Å². The van der Waals surface area contributed by atoms with Crippen molar-refractivity contribution >= 4 is 22.8 Å². The number of ether oxygens (including phenoxy) is 2. The van der Waals surface area contributed by atoms with Crippen molar-refractivity contribution < 1.29 is 28.6 Å². The van der Waals surface area contributed by atoms with Gasteiger partial charge >= 0.3 is 5.97 Å². The van der Waals surface area contributed by atoms with Gasteiger partial charge in [0.25, 0.3) is 0 Å². The van der Waals surface area contributed by atoms with E-state index in [-0.39, 0.29) is 31.3 Å². The third-order valence-electron chi connectivity index (χ3n) is 4.72. The van der Waals surface area contributed by atoms with E-state index in [1.165, 1.54) is 0 Å². The minimum absolute atomic E-state index is 0.0221. The number of carbonyl (C=O) groups excluding carboxylic acids is 1. The molecular formula is C19H23NO6. The van der Waals surface area contributed by atoms with Crippen LogP contribution in [0.25, 0.3) is 11.0 Å². The molecule has 2 heterocycles. The molecule has 1 fully saturated rings. The second kappa shape index (κ2) is 8.23. The van der Waals surface area contributed by atoms with E-state index < -0.39 is 5.97 Å². The zero-order chi connectivity index (χ0) is 18.5. The Hall–Kier alpha value is -2.54. The first kappa shape index (κ1) is 18.3. The van der Waals surface area contributed by atoms with Crippen LogP contribution in [0.4, 0.5) is 0 Å². The zero-order valence-electron chi connectivity index (χ0n) is 14.8. The summed E-state index contributed by atoms with van der Waals surface area (Å²) in [5.41, 5.74) is 1.45. The Morgan fingerprint density at radius 1 is 1.31 bits per heavy atom. The summed E-state index contributed by atoms with van der Waals surface area (Å²) in [5.74, 6) is -0.303. The lowest BCUT2D eigenvalue weighted by atomic mass is 10.0. The topological polar surface area (TPSA) is 89.2 Å². The third kappa shape index (κ3) is 4.16.